The zero-order chi connectivity index (χ0) is 15.4. The van der Waals surface area contributed by atoms with Crippen LogP contribution in [0.25, 0.3) is 0 Å². The Bertz CT molecular complexity index is 695. The molecule has 0 saturated carbocycles. The number of hydrogen-bond donors (Lipinski definition) is 1. The van der Waals surface area contributed by atoms with Gasteiger partial charge in [0, 0.05) is 15.8 Å². The number of rotatable bonds is 5. The van der Waals surface area contributed by atoms with Gasteiger partial charge >= 0.3 is 11.7 Å². The van der Waals surface area contributed by atoms with Crippen LogP contribution in [0.5, 0.6) is 11.5 Å². The Morgan fingerprint density at radius 3 is 2.81 bits per heavy atom. The van der Waals surface area contributed by atoms with E-state index in [2.05, 4.69) is 6.07 Å². The molecule has 1 radical (unpaired) electrons. The van der Waals surface area contributed by atoms with Crippen LogP contribution in [0.1, 0.15) is 28.4 Å². The Balaban J connectivity index is 2.18. The van der Waals surface area contributed by atoms with Gasteiger partial charge < -0.3 is 9.84 Å². The fourth-order valence-corrected chi connectivity index (χ4v) is 2.23. The lowest BCUT2D eigenvalue weighted by molar-refractivity contribution is 0.101. The van der Waals surface area contributed by atoms with E-state index in [0.717, 1.165) is 5.56 Å². The molecule has 0 spiro atoms. The van der Waals surface area contributed by atoms with Crippen LogP contribution in [0, 0.1) is 13.0 Å². The predicted molar refractivity (Wildman–Crippen MR) is 78.8 cm³/mol. The van der Waals surface area contributed by atoms with E-state index in [-0.39, 0.29) is 23.7 Å². The Labute approximate surface area is 126 Å². The number of hydrogen-bond acceptors (Lipinski definition) is 4. The van der Waals surface area contributed by atoms with Gasteiger partial charge in [0.2, 0.25) is 0 Å². The van der Waals surface area contributed by atoms with Crippen LogP contribution < -0.4 is 4.74 Å². The Kier molecular flexibility index (Phi) is 4.65. The van der Waals surface area contributed by atoms with Crippen molar-refractivity contribution in [2.75, 3.05) is 0 Å². The van der Waals surface area contributed by atoms with Gasteiger partial charge in [-0.2, -0.15) is 0 Å². The standard InChI is InChI=1S/C16H13O4S/c1-10-15(7-6-14(11(2)17)16(10)18)20-9-12-4-3-5-13(8-12)21-19/h3-4,6-8H,9H2,1-2H3/p+1. The van der Waals surface area contributed by atoms with Gasteiger partial charge in [-0.3, -0.25) is 4.79 Å². The molecule has 0 aliphatic rings. The Morgan fingerprint density at radius 2 is 2.14 bits per heavy atom. The summed E-state index contributed by atoms with van der Waals surface area (Å²) in [5, 5.41) is 9.98. The van der Waals surface area contributed by atoms with Crippen LogP contribution in [0.15, 0.2) is 35.2 Å². The van der Waals surface area contributed by atoms with Crippen molar-refractivity contribution in [1.29, 1.82) is 0 Å². The highest BCUT2D eigenvalue weighted by atomic mass is 32.1. The molecule has 0 heterocycles. The minimum Gasteiger partial charge on any atom is -0.507 e. The summed E-state index contributed by atoms with van der Waals surface area (Å²) in [5.41, 5.74) is 1.63. The molecule has 0 aliphatic carbocycles. The van der Waals surface area contributed by atoms with E-state index < -0.39 is 0 Å². The van der Waals surface area contributed by atoms with E-state index >= 15 is 0 Å². The van der Waals surface area contributed by atoms with E-state index in [0.29, 0.717) is 27.9 Å². The van der Waals surface area contributed by atoms with Gasteiger partial charge in [-0.05, 0) is 37.6 Å². The monoisotopic (exact) mass is 302 g/mol. The number of ether oxygens (including phenoxy) is 1. The quantitative estimate of drug-likeness (QED) is 0.681. The smallest absolute Gasteiger partial charge is 0.505 e. The lowest BCUT2D eigenvalue weighted by Crippen LogP contribution is -2.00. The molecule has 107 valence electrons. The first-order valence-electron chi connectivity index (χ1n) is 6.29. The van der Waals surface area contributed by atoms with Crippen molar-refractivity contribution < 1.29 is 18.8 Å². The molecular formula is C16H14O4S+. The number of benzene rings is 2. The predicted octanol–water partition coefficient (Wildman–Crippen LogP) is 3.07. The molecule has 21 heavy (non-hydrogen) atoms. The third-order valence-electron chi connectivity index (χ3n) is 3.08. The topological polar surface area (TPSA) is 63.6 Å². The van der Waals surface area contributed by atoms with Crippen LogP contribution in [-0.2, 0) is 22.5 Å². The molecule has 0 atom stereocenters. The first kappa shape index (κ1) is 15.1. The van der Waals surface area contributed by atoms with Crippen LogP contribution in [0.4, 0.5) is 0 Å². The maximum absolute atomic E-state index is 11.3. The van der Waals surface area contributed by atoms with E-state index in [1.54, 1.807) is 31.2 Å². The van der Waals surface area contributed by atoms with Crippen molar-refractivity contribution in [2.24, 2.45) is 0 Å². The van der Waals surface area contributed by atoms with Crippen molar-refractivity contribution in [1.82, 2.24) is 0 Å². The van der Waals surface area contributed by atoms with Gasteiger partial charge in [-0.25, -0.2) is 0 Å². The van der Waals surface area contributed by atoms with E-state index in [4.69, 9.17) is 4.74 Å². The molecule has 5 heteroatoms. The minimum absolute atomic E-state index is 0.0582. The van der Waals surface area contributed by atoms with E-state index in [1.165, 1.54) is 13.0 Å². The molecule has 2 aromatic carbocycles. The SMILES string of the molecule is CC(=O)c1ccc(OCc2cc[c]c([S+]=O)c2)c(C)c1O. The number of Topliss-reactive ketones (excluding diaryl/α,β-unsaturated/α-hetero) is 1. The number of phenols is 1. The van der Waals surface area contributed by atoms with Gasteiger partial charge in [0.1, 0.15) is 18.1 Å². The number of phenolic OH excluding ortho intramolecular Hbond substituents is 1. The highest BCUT2D eigenvalue weighted by Gasteiger charge is 2.13. The molecule has 0 saturated heterocycles. The average Bonchev–Trinajstić information content (AvgIpc) is 2.48. The van der Waals surface area contributed by atoms with Crippen molar-refractivity contribution in [3.05, 3.63) is 53.1 Å². The zero-order valence-electron chi connectivity index (χ0n) is 11.7. The summed E-state index contributed by atoms with van der Waals surface area (Å²) in [6, 6.07) is 11.2. The van der Waals surface area contributed by atoms with Crippen molar-refractivity contribution >= 4 is 17.4 Å². The molecule has 0 amide bonds. The average molecular weight is 302 g/mol. The van der Waals surface area contributed by atoms with Crippen LogP contribution in [0.2, 0.25) is 0 Å². The second kappa shape index (κ2) is 6.45. The van der Waals surface area contributed by atoms with Gasteiger partial charge in [-0.1, -0.05) is 6.07 Å². The summed E-state index contributed by atoms with van der Waals surface area (Å²) in [5.74, 6) is 0.247. The van der Waals surface area contributed by atoms with Crippen molar-refractivity contribution in [3.8, 4) is 11.5 Å². The summed E-state index contributed by atoms with van der Waals surface area (Å²) >= 11 is 0.377. The van der Waals surface area contributed by atoms with Crippen LogP contribution in [0.3, 0.4) is 0 Å². The summed E-state index contributed by atoms with van der Waals surface area (Å²) < 4.78 is 16.4. The Hall–Kier alpha value is -2.27. The molecular weight excluding hydrogens is 288 g/mol. The summed E-state index contributed by atoms with van der Waals surface area (Å²) in [6.45, 7) is 3.36. The van der Waals surface area contributed by atoms with Crippen molar-refractivity contribution in [2.45, 2.75) is 25.3 Å². The Morgan fingerprint density at radius 1 is 1.38 bits per heavy atom. The van der Waals surface area contributed by atoms with Crippen LogP contribution in [-0.4, -0.2) is 10.9 Å². The lowest BCUT2D eigenvalue weighted by Gasteiger charge is -2.12. The van der Waals surface area contributed by atoms with Gasteiger partial charge in [0.05, 0.1) is 11.6 Å². The fourth-order valence-electron chi connectivity index (χ4n) is 1.91. The molecule has 0 aromatic heterocycles. The molecule has 2 rings (SSSR count). The molecule has 1 N–H and O–H groups in total. The number of ketones is 1. The number of aromatic hydroxyl groups is 1. The normalized spacial score (nSPS) is 10.2. The number of carbonyl (C=O) groups is 1. The van der Waals surface area contributed by atoms with Gasteiger partial charge in [0.15, 0.2) is 5.78 Å². The molecule has 4 nitrogen and oxygen atoms in total. The fraction of sp³-hybridized carbons (Fsp3) is 0.188. The maximum atomic E-state index is 11.3. The largest absolute Gasteiger partial charge is 0.507 e. The van der Waals surface area contributed by atoms with Crippen LogP contribution >= 0.6 is 0 Å². The molecule has 0 unspecified atom stereocenters. The van der Waals surface area contributed by atoms with Gasteiger partial charge in [-0.15, -0.1) is 0 Å². The molecule has 0 fully saturated rings. The number of carbonyl (C=O) groups excluding carboxylic acids is 1. The summed E-state index contributed by atoms with van der Waals surface area (Å²) in [4.78, 5) is 11.8. The summed E-state index contributed by atoms with van der Waals surface area (Å²) in [6.07, 6.45) is 0. The van der Waals surface area contributed by atoms with Gasteiger partial charge in [0.25, 0.3) is 4.90 Å². The highest BCUT2D eigenvalue weighted by molar-refractivity contribution is 7.65. The highest BCUT2D eigenvalue weighted by Crippen LogP contribution is 2.31. The molecule has 0 aliphatic heterocycles. The third-order valence-corrected chi connectivity index (χ3v) is 3.50. The van der Waals surface area contributed by atoms with E-state index in [9.17, 15) is 14.1 Å². The summed E-state index contributed by atoms with van der Waals surface area (Å²) in [7, 11) is 0. The van der Waals surface area contributed by atoms with E-state index in [1.807, 2.05) is 0 Å². The molecule has 2 aromatic rings. The zero-order valence-corrected chi connectivity index (χ0v) is 12.5. The first-order chi connectivity index (χ1) is 10.0. The molecule has 0 bridgehead atoms. The first-order valence-corrected chi connectivity index (χ1v) is 7.04. The lowest BCUT2D eigenvalue weighted by atomic mass is 10.1. The second-order valence-electron chi connectivity index (χ2n) is 4.57. The minimum atomic E-state index is -0.196. The van der Waals surface area contributed by atoms with Crippen molar-refractivity contribution in [3.63, 3.8) is 0 Å². The third kappa shape index (κ3) is 3.44. The maximum Gasteiger partial charge on any atom is 0.505 e. The second-order valence-corrected chi connectivity index (χ2v) is 5.18.